The normalized spacial score (nSPS) is 10.7. The number of fused-ring (bicyclic) bond motifs is 1. The highest BCUT2D eigenvalue weighted by Crippen LogP contribution is 2.26. The lowest BCUT2D eigenvalue weighted by Crippen LogP contribution is -2.39. The molecule has 0 atom stereocenters. The number of halogens is 2. The summed E-state index contributed by atoms with van der Waals surface area (Å²) in [6.45, 7) is 0.972. The van der Waals surface area contributed by atoms with Crippen LogP contribution in [-0.4, -0.2) is 28.5 Å². The fourth-order valence-electron chi connectivity index (χ4n) is 2.68. The van der Waals surface area contributed by atoms with Crippen molar-refractivity contribution in [3.05, 3.63) is 78.7 Å². The molecule has 1 heterocycles. The number of benzene rings is 2. The summed E-state index contributed by atoms with van der Waals surface area (Å²) in [7, 11) is 0. The topological polar surface area (TPSA) is 136 Å². The summed E-state index contributed by atoms with van der Waals surface area (Å²) in [5, 5.41) is 23.9. The molecule has 31 heavy (non-hydrogen) atoms. The second kappa shape index (κ2) is 9.11. The minimum Gasteiger partial charge on any atom is -0.618 e. The third kappa shape index (κ3) is 4.65. The van der Waals surface area contributed by atoms with E-state index in [1.54, 1.807) is 6.92 Å². The monoisotopic (exact) mass is 465 g/mol. The van der Waals surface area contributed by atoms with E-state index in [2.05, 4.69) is 4.98 Å². The van der Waals surface area contributed by atoms with Gasteiger partial charge in [-0.2, -0.15) is 4.73 Å². The molecule has 0 spiro atoms. The molecule has 0 radical (unpaired) electrons. The van der Waals surface area contributed by atoms with Crippen LogP contribution in [0.2, 0.25) is 10.0 Å². The summed E-state index contributed by atoms with van der Waals surface area (Å²) >= 11 is 11.9. The first-order chi connectivity index (χ1) is 14.7. The third-order valence-corrected chi connectivity index (χ3v) is 4.79. The molecule has 12 heteroatoms. The van der Waals surface area contributed by atoms with Gasteiger partial charge in [0.15, 0.2) is 5.69 Å². The molecular formula is C19H13Cl2N3O7. The van der Waals surface area contributed by atoms with Gasteiger partial charge in [0.1, 0.15) is 12.1 Å². The highest BCUT2D eigenvalue weighted by atomic mass is 35.5. The summed E-state index contributed by atoms with van der Waals surface area (Å²) in [5.74, 6) is -1.88. The van der Waals surface area contributed by atoms with Crippen LogP contribution in [0.1, 0.15) is 33.5 Å². The highest BCUT2D eigenvalue weighted by molar-refractivity contribution is 6.42. The SMILES string of the molecule is CCOC(=O)c1c(COC(=O)c2cccc([N+](=O)[O-])c2)nc2cc(Cl)c(Cl)cc2[n+]1[O-]. The van der Waals surface area contributed by atoms with Crippen LogP contribution in [0.5, 0.6) is 0 Å². The van der Waals surface area contributed by atoms with Gasteiger partial charge in [0.2, 0.25) is 5.52 Å². The lowest BCUT2D eigenvalue weighted by molar-refractivity contribution is -0.581. The van der Waals surface area contributed by atoms with Crippen molar-refractivity contribution in [1.29, 1.82) is 0 Å². The third-order valence-electron chi connectivity index (χ3n) is 4.07. The number of non-ortho nitro benzene ring substituents is 1. The van der Waals surface area contributed by atoms with E-state index < -0.39 is 29.2 Å². The van der Waals surface area contributed by atoms with E-state index in [1.807, 2.05) is 0 Å². The molecule has 0 N–H and O–H groups in total. The van der Waals surface area contributed by atoms with Crippen molar-refractivity contribution >= 4 is 51.9 Å². The minimum atomic E-state index is -0.973. The van der Waals surface area contributed by atoms with Gasteiger partial charge in [0, 0.05) is 18.2 Å². The lowest BCUT2D eigenvalue weighted by atomic mass is 10.2. The smallest absolute Gasteiger partial charge is 0.407 e. The van der Waals surface area contributed by atoms with Gasteiger partial charge in [-0.05, 0) is 19.1 Å². The number of nitrogens with zero attached hydrogens (tertiary/aromatic N) is 3. The first kappa shape index (κ1) is 22.2. The van der Waals surface area contributed by atoms with Gasteiger partial charge in [0.25, 0.3) is 5.69 Å². The molecule has 0 aliphatic carbocycles. The summed E-state index contributed by atoms with van der Waals surface area (Å²) in [6.07, 6.45) is 0. The number of nitro groups is 1. The number of hydrogen-bond acceptors (Lipinski definition) is 8. The number of hydrogen-bond donors (Lipinski definition) is 0. The van der Waals surface area contributed by atoms with E-state index in [9.17, 15) is 24.9 Å². The Morgan fingerprint density at radius 2 is 1.84 bits per heavy atom. The zero-order valence-electron chi connectivity index (χ0n) is 15.8. The molecule has 2 aromatic carbocycles. The van der Waals surface area contributed by atoms with Crippen molar-refractivity contribution < 1.29 is 28.7 Å². The minimum absolute atomic E-state index is 0.00877. The Morgan fingerprint density at radius 3 is 2.52 bits per heavy atom. The Labute approximate surface area is 184 Å². The van der Waals surface area contributed by atoms with Crippen LogP contribution in [0, 0.1) is 15.3 Å². The highest BCUT2D eigenvalue weighted by Gasteiger charge is 2.29. The zero-order chi connectivity index (χ0) is 22.7. The van der Waals surface area contributed by atoms with E-state index >= 15 is 0 Å². The maximum absolute atomic E-state index is 12.8. The molecule has 10 nitrogen and oxygen atoms in total. The summed E-state index contributed by atoms with van der Waals surface area (Å²) in [4.78, 5) is 39.1. The molecular weight excluding hydrogens is 453 g/mol. The van der Waals surface area contributed by atoms with Gasteiger partial charge in [-0.1, -0.05) is 29.3 Å². The Morgan fingerprint density at radius 1 is 1.13 bits per heavy atom. The van der Waals surface area contributed by atoms with Crippen molar-refractivity contribution in [2.75, 3.05) is 6.61 Å². The van der Waals surface area contributed by atoms with Crippen LogP contribution < -0.4 is 4.73 Å². The molecule has 0 bridgehead atoms. The van der Waals surface area contributed by atoms with E-state index in [4.69, 9.17) is 32.7 Å². The van der Waals surface area contributed by atoms with Crippen molar-refractivity contribution in [2.24, 2.45) is 0 Å². The maximum Gasteiger partial charge on any atom is 0.407 e. The van der Waals surface area contributed by atoms with Gasteiger partial charge >= 0.3 is 17.6 Å². The van der Waals surface area contributed by atoms with E-state index in [-0.39, 0.29) is 49.4 Å². The fourth-order valence-corrected chi connectivity index (χ4v) is 2.99. The molecule has 0 saturated carbocycles. The van der Waals surface area contributed by atoms with E-state index in [0.29, 0.717) is 0 Å². The largest absolute Gasteiger partial charge is 0.618 e. The Bertz CT molecular complexity index is 1220. The van der Waals surface area contributed by atoms with Crippen LogP contribution in [-0.2, 0) is 16.1 Å². The van der Waals surface area contributed by atoms with Gasteiger partial charge < -0.3 is 14.7 Å². The second-order valence-electron chi connectivity index (χ2n) is 6.06. The molecule has 3 aromatic rings. The van der Waals surface area contributed by atoms with Crippen molar-refractivity contribution in [3.8, 4) is 0 Å². The van der Waals surface area contributed by atoms with Gasteiger partial charge in [0.05, 0.1) is 27.1 Å². The molecule has 0 saturated heterocycles. The molecule has 0 fully saturated rings. The zero-order valence-corrected chi connectivity index (χ0v) is 17.3. The molecule has 3 rings (SSSR count). The Balaban J connectivity index is 2.00. The lowest BCUT2D eigenvalue weighted by Gasteiger charge is -2.12. The van der Waals surface area contributed by atoms with Crippen LogP contribution in [0.3, 0.4) is 0 Å². The first-order valence-corrected chi connectivity index (χ1v) is 9.48. The van der Waals surface area contributed by atoms with Crippen molar-refractivity contribution in [1.82, 2.24) is 4.98 Å². The first-order valence-electron chi connectivity index (χ1n) is 8.72. The van der Waals surface area contributed by atoms with Crippen LogP contribution in [0.15, 0.2) is 36.4 Å². The molecule has 0 aliphatic rings. The average Bonchev–Trinajstić information content (AvgIpc) is 2.73. The van der Waals surface area contributed by atoms with Gasteiger partial charge in [-0.3, -0.25) is 10.1 Å². The summed E-state index contributed by atoms with van der Waals surface area (Å²) in [5.41, 5.74) is -0.977. The molecule has 0 amide bonds. The number of ether oxygens (including phenoxy) is 2. The number of carbonyl (C=O) groups excluding carboxylic acids is 2. The predicted molar refractivity (Wildman–Crippen MR) is 109 cm³/mol. The quantitative estimate of drug-likeness (QED) is 0.177. The predicted octanol–water partition coefficient (Wildman–Crippen LogP) is 3.62. The van der Waals surface area contributed by atoms with Gasteiger partial charge in [-0.15, -0.1) is 0 Å². The average molecular weight is 466 g/mol. The fraction of sp³-hybridized carbons (Fsp3) is 0.158. The molecule has 0 unspecified atom stereocenters. The maximum atomic E-state index is 12.8. The standard InChI is InChI=1S/C19H13Cl2N3O7/c1-2-30-19(26)17-15(22-14-7-12(20)13(21)8-16(14)23(17)27)9-31-18(25)10-4-3-5-11(6-10)24(28)29/h3-8H,2,9H2,1H3. The van der Waals surface area contributed by atoms with Crippen LogP contribution in [0.25, 0.3) is 11.0 Å². The van der Waals surface area contributed by atoms with Crippen molar-refractivity contribution in [3.63, 3.8) is 0 Å². The van der Waals surface area contributed by atoms with E-state index in [1.165, 1.54) is 30.3 Å². The number of carbonyl (C=O) groups is 2. The van der Waals surface area contributed by atoms with E-state index in [0.717, 1.165) is 6.07 Å². The van der Waals surface area contributed by atoms with Crippen LogP contribution >= 0.6 is 23.2 Å². The number of esters is 2. The van der Waals surface area contributed by atoms with Crippen molar-refractivity contribution in [2.45, 2.75) is 13.5 Å². The summed E-state index contributed by atoms with van der Waals surface area (Å²) < 4.78 is 10.3. The number of aromatic nitrogens is 2. The van der Waals surface area contributed by atoms with Gasteiger partial charge in [-0.25, -0.2) is 14.6 Å². The summed E-state index contributed by atoms with van der Waals surface area (Å²) in [6, 6.07) is 7.48. The molecule has 160 valence electrons. The second-order valence-corrected chi connectivity index (χ2v) is 6.87. The molecule has 1 aromatic heterocycles. The molecule has 0 aliphatic heterocycles. The Hall–Kier alpha value is -3.50. The van der Waals surface area contributed by atoms with Crippen LogP contribution in [0.4, 0.5) is 5.69 Å². The number of rotatable bonds is 6. The number of nitro benzene ring substituents is 1. The Kier molecular flexibility index (Phi) is 6.52.